The lowest BCUT2D eigenvalue weighted by molar-refractivity contribution is -0.156. The van der Waals surface area contributed by atoms with Crippen LogP contribution in [0.1, 0.15) is 65.9 Å². The standard InChI is InChI=1S/C34H48N2O8/c1-21(2)17-30(38)35-24(5)34(42)44-29-16-11-9-7-8-10-15-27(43-6)20-31(39)36-28-19-26(37)18-25(33(28)41)14-12-13-22(3)32(40)23(29)4/h7-11,13,15,18-19,21,23-24,27,29,32,37,40-41H,12,14,16-17,20H2,1-6H3,(H,35,38)(H,36,39)/b8-7+,11-9+,15-10-,22-13-/t23-,24-,27+,29+,32+/m1/s1. The first-order chi connectivity index (χ1) is 20.8. The highest BCUT2D eigenvalue weighted by molar-refractivity contribution is 5.93. The fraction of sp³-hybridized carbons (Fsp3) is 0.500. The summed E-state index contributed by atoms with van der Waals surface area (Å²) in [6.07, 6.45) is 11.6. The summed E-state index contributed by atoms with van der Waals surface area (Å²) in [5.41, 5.74) is 1.17. The zero-order chi connectivity index (χ0) is 32.8. The Kier molecular flexibility index (Phi) is 14.9. The highest BCUT2D eigenvalue weighted by atomic mass is 16.5. The minimum Gasteiger partial charge on any atom is -0.508 e. The number of nitrogens with one attached hydrogen (secondary N) is 2. The lowest BCUT2D eigenvalue weighted by Crippen LogP contribution is -2.43. The lowest BCUT2D eigenvalue weighted by Gasteiger charge is -2.29. The number of ether oxygens (including phenoxy) is 2. The Labute approximate surface area is 260 Å². The van der Waals surface area contributed by atoms with Gasteiger partial charge in [-0.15, -0.1) is 0 Å². The molecule has 2 bridgehead atoms. The van der Waals surface area contributed by atoms with E-state index in [0.717, 1.165) is 0 Å². The molecular formula is C34H48N2O8. The summed E-state index contributed by atoms with van der Waals surface area (Å²) in [7, 11) is 1.49. The lowest BCUT2D eigenvalue weighted by atomic mass is 9.90. The normalized spacial score (nSPS) is 26.2. The van der Waals surface area contributed by atoms with Crippen LogP contribution < -0.4 is 10.6 Å². The smallest absolute Gasteiger partial charge is 0.328 e. The van der Waals surface area contributed by atoms with Crippen LogP contribution >= 0.6 is 0 Å². The maximum atomic E-state index is 12.9. The van der Waals surface area contributed by atoms with E-state index in [-0.39, 0.29) is 35.4 Å². The number of aromatic hydroxyl groups is 2. The molecule has 0 fully saturated rings. The van der Waals surface area contributed by atoms with Gasteiger partial charge in [0.15, 0.2) is 0 Å². The Hall–Kier alpha value is -3.89. The first kappa shape index (κ1) is 36.3. The maximum Gasteiger partial charge on any atom is 0.328 e. The Morgan fingerprint density at radius 1 is 1.11 bits per heavy atom. The molecule has 0 radical (unpaired) electrons. The number of carbonyl (C=O) groups excluding carboxylic acids is 3. The van der Waals surface area contributed by atoms with Gasteiger partial charge in [-0.3, -0.25) is 9.59 Å². The number of phenols is 2. The molecule has 1 aliphatic rings. The van der Waals surface area contributed by atoms with E-state index in [1.807, 2.05) is 26.0 Å². The molecule has 2 amide bonds. The number of hydrogen-bond acceptors (Lipinski definition) is 8. The van der Waals surface area contributed by atoms with Gasteiger partial charge in [-0.25, -0.2) is 4.79 Å². The fourth-order valence-corrected chi connectivity index (χ4v) is 4.73. The summed E-state index contributed by atoms with van der Waals surface area (Å²) in [5.74, 6) is -1.83. The number of amides is 2. The summed E-state index contributed by atoms with van der Waals surface area (Å²) >= 11 is 0. The molecule has 10 nitrogen and oxygen atoms in total. The largest absolute Gasteiger partial charge is 0.508 e. The average Bonchev–Trinajstić information content (AvgIpc) is 2.95. The van der Waals surface area contributed by atoms with Crippen LogP contribution in [0.5, 0.6) is 11.5 Å². The molecule has 0 saturated heterocycles. The number of benzene rings is 1. The van der Waals surface area contributed by atoms with Gasteiger partial charge in [-0.1, -0.05) is 63.3 Å². The van der Waals surface area contributed by atoms with E-state index in [1.54, 1.807) is 51.2 Å². The number of fused-ring (bicyclic) bond motifs is 2. The van der Waals surface area contributed by atoms with Crippen LogP contribution in [0.3, 0.4) is 0 Å². The monoisotopic (exact) mass is 612 g/mol. The number of rotatable bonds is 6. The SMILES string of the molecule is CO[C@H]1\C=C/C=C/C=C/C[C@H](OC(=O)[C@@H](C)NC(=O)CC(C)C)[C@@H](C)[C@@H](O)/C(C)=C\CCc2cc(O)cc(c2O)NC(=O)C1. The van der Waals surface area contributed by atoms with Gasteiger partial charge in [0.25, 0.3) is 0 Å². The van der Waals surface area contributed by atoms with Crippen molar-refractivity contribution in [3.05, 3.63) is 65.8 Å². The molecule has 5 N–H and O–H groups in total. The Balaban J connectivity index is 2.34. The van der Waals surface area contributed by atoms with E-state index in [9.17, 15) is 29.7 Å². The molecule has 0 aliphatic carbocycles. The summed E-state index contributed by atoms with van der Waals surface area (Å²) < 4.78 is 11.2. The third-order valence-corrected chi connectivity index (χ3v) is 7.32. The molecule has 2 rings (SSSR count). The third kappa shape index (κ3) is 12.0. The van der Waals surface area contributed by atoms with Crippen LogP contribution in [0.4, 0.5) is 5.69 Å². The van der Waals surface area contributed by atoms with Crippen LogP contribution in [-0.2, 0) is 30.3 Å². The molecule has 0 spiro atoms. The Morgan fingerprint density at radius 2 is 1.82 bits per heavy atom. The quantitative estimate of drug-likeness (QED) is 0.132. The number of aliphatic hydroxyl groups excluding tert-OH is 1. The molecule has 5 atom stereocenters. The Bertz CT molecular complexity index is 1250. The van der Waals surface area contributed by atoms with Gasteiger partial charge in [0.2, 0.25) is 11.8 Å². The van der Waals surface area contributed by atoms with Crippen molar-refractivity contribution in [2.75, 3.05) is 12.4 Å². The summed E-state index contributed by atoms with van der Waals surface area (Å²) in [6, 6.07) is 1.86. The van der Waals surface area contributed by atoms with Gasteiger partial charge < -0.3 is 35.4 Å². The summed E-state index contributed by atoms with van der Waals surface area (Å²) in [5, 5.41) is 37.5. The zero-order valence-electron chi connectivity index (χ0n) is 26.6. The Morgan fingerprint density at radius 3 is 2.50 bits per heavy atom. The van der Waals surface area contributed by atoms with E-state index in [4.69, 9.17) is 9.47 Å². The summed E-state index contributed by atoms with van der Waals surface area (Å²) in [6.45, 7) is 8.98. The van der Waals surface area contributed by atoms with Crippen LogP contribution in [0.25, 0.3) is 0 Å². The highest BCUT2D eigenvalue weighted by Crippen LogP contribution is 2.34. The van der Waals surface area contributed by atoms with Gasteiger partial charge in [0, 0.05) is 31.9 Å². The topological polar surface area (TPSA) is 154 Å². The van der Waals surface area contributed by atoms with Gasteiger partial charge in [-0.2, -0.15) is 0 Å². The zero-order valence-corrected chi connectivity index (χ0v) is 26.6. The van der Waals surface area contributed by atoms with Gasteiger partial charge in [0.05, 0.1) is 24.3 Å². The highest BCUT2D eigenvalue weighted by Gasteiger charge is 2.30. The molecule has 1 aromatic carbocycles. The van der Waals surface area contributed by atoms with Gasteiger partial charge >= 0.3 is 5.97 Å². The van der Waals surface area contributed by atoms with Crippen molar-refractivity contribution in [2.24, 2.45) is 11.8 Å². The molecule has 1 aromatic rings. The molecule has 0 aromatic heterocycles. The van der Waals surface area contributed by atoms with E-state index in [1.165, 1.54) is 19.2 Å². The predicted molar refractivity (Wildman–Crippen MR) is 170 cm³/mol. The number of methoxy groups -OCH3 is 1. The number of esters is 1. The van der Waals surface area contributed by atoms with Crippen molar-refractivity contribution >= 4 is 23.5 Å². The molecule has 44 heavy (non-hydrogen) atoms. The first-order valence-corrected chi connectivity index (χ1v) is 15.0. The number of aryl methyl sites for hydroxylation is 1. The average molecular weight is 613 g/mol. The number of aliphatic hydroxyl groups is 1. The first-order valence-electron chi connectivity index (χ1n) is 15.0. The second kappa shape index (κ2) is 18.0. The predicted octanol–water partition coefficient (Wildman–Crippen LogP) is 4.85. The van der Waals surface area contributed by atoms with Crippen LogP contribution in [0.2, 0.25) is 0 Å². The number of phenolic OH excluding ortho intramolecular Hbond substituents is 2. The van der Waals surface area contributed by atoms with E-state index >= 15 is 0 Å². The third-order valence-electron chi connectivity index (χ3n) is 7.32. The molecule has 1 heterocycles. The molecule has 0 unspecified atom stereocenters. The molecular weight excluding hydrogens is 564 g/mol. The van der Waals surface area contributed by atoms with Crippen LogP contribution in [0.15, 0.2) is 60.2 Å². The van der Waals surface area contributed by atoms with Crippen molar-refractivity contribution < 1.29 is 39.2 Å². The van der Waals surface area contributed by atoms with Crippen molar-refractivity contribution in [3.8, 4) is 11.5 Å². The fourth-order valence-electron chi connectivity index (χ4n) is 4.73. The molecule has 0 saturated carbocycles. The molecule has 1 aliphatic heterocycles. The minimum atomic E-state index is -0.946. The second-order valence-electron chi connectivity index (χ2n) is 11.6. The number of hydrogen-bond donors (Lipinski definition) is 5. The van der Waals surface area contributed by atoms with E-state index in [0.29, 0.717) is 36.8 Å². The van der Waals surface area contributed by atoms with Crippen molar-refractivity contribution in [3.63, 3.8) is 0 Å². The van der Waals surface area contributed by atoms with Gasteiger partial charge in [0.1, 0.15) is 23.6 Å². The number of anilines is 1. The number of carbonyl (C=O) groups is 3. The van der Waals surface area contributed by atoms with E-state index in [2.05, 4.69) is 10.6 Å². The van der Waals surface area contributed by atoms with Crippen LogP contribution in [0, 0.1) is 11.8 Å². The molecule has 242 valence electrons. The maximum absolute atomic E-state index is 12.9. The van der Waals surface area contributed by atoms with Crippen LogP contribution in [-0.4, -0.2) is 64.6 Å². The second-order valence-corrected chi connectivity index (χ2v) is 11.6. The summed E-state index contributed by atoms with van der Waals surface area (Å²) in [4.78, 5) is 37.8. The van der Waals surface area contributed by atoms with Gasteiger partial charge in [-0.05, 0) is 49.8 Å². The van der Waals surface area contributed by atoms with Crippen molar-refractivity contribution in [1.82, 2.24) is 5.32 Å². The van der Waals surface area contributed by atoms with Crippen molar-refractivity contribution in [2.45, 2.75) is 91.1 Å². The van der Waals surface area contributed by atoms with Crippen molar-refractivity contribution in [1.29, 1.82) is 0 Å². The molecule has 10 heteroatoms. The number of allylic oxidation sites excluding steroid dienone is 5. The minimum absolute atomic E-state index is 0.0117. The van der Waals surface area contributed by atoms with E-state index < -0.39 is 42.1 Å².